The van der Waals surface area contributed by atoms with Gasteiger partial charge in [-0.15, -0.1) is 16.9 Å². The lowest BCUT2D eigenvalue weighted by atomic mass is 10.2. The number of nitrogens with two attached hydrogens (primary N) is 1. The first kappa shape index (κ1) is 20.6. The molecular formula is C21H27N3S2. The molecule has 2 rings (SSSR count). The van der Waals surface area contributed by atoms with Crippen LogP contribution < -0.4 is 5.73 Å². The first-order chi connectivity index (χ1) is 12.8. The number of amidine groups is 1. The van der Waals surface area contributed by atoms with Crippen LogP contribution in [0.5, 0.6) is 0 Å². The Balaban J connectivity index is 1.73. The molecule has 2 aromatic rings. The van der Waals surface area contributed by atoms with Gasteiger partial charge in [0.1, 0.15) is 0 Å². The Morgan fingerprint density at radius 3 is 2.50 bits per heavy atom. The van der Waals surface area contributed by atoms with E-state index >= 15 is 0 Å². The molecule has 0 spiro atoms. The van der Waals surface area contributed by atoms with E-state index in [1.54, 1.807) is 6.21 Å². The first-order valence-electron chi connectivity index (χ1n) is 9.04. The standard InChI is InChI=1S/C21H27N3S2/c1-2-3-4-8-15-25-20-13-11-18(12-14-20)16-23-24-21(22)26-17-19-9-6-5-7-10-19/h5-7,9-14,16H,2-4,8,15,17H2,1H3,(H2,22,24). The summed E-state index contributed by atoms with van der Waals surface area (Å²) < 4.78 is 0. The van der Waals surface area contributed by atoms with Gasteiger partial charge in [0.15, 0.2) is 5.17 Å². The molecule has 26 heavy (non-hydrogen) atoms. The van der Waals surface area contributed by atoms with Gasteiger partial charge in [-0.25, -0.2) is 0 Å². The summed E-state index contributed by atoms with van der Waals surface area (Å²) in [6.45, 7) is 2.24. The van der Waals surface area contributed by atoms with E-state index in [1.807, 2.05) is 30.0 Å². The second kappa shape index (κ2) is 12.6. The van der Waals surface area contributed by atoms with Gasteiger partial charge in [0.05, 0.1) is 6.21 Å². The van der Waals surface area contributed by atoms with Gasteiger partial charge in [-0.05, 0) is 35.4 Å². The Kier molecular flexibility index (Phi) is 9.98. The Bertz CT molecular complexity index is 682. The van der Waals surface area contributed by atoms with Crippen molar-refractivity contribution in [3.05, 3.63) is 65.7 Å². The summed E-state index contributed by atoms with van der Waals surface area (Å²) in [6.07, 6.45) is 6.98. The molecule has 3 nitrogen and oxygen atoms in total. The van der Waals surface area contributed by atoms with Crippen LogP contribution in [0.25, 0.3) is 0 Å². The molecule has 5 heteroatoms. The number of unbranched alkanes of at least 4 members (excludes halogenated alkanes) is 3. The third-order valence-corrected chi connectivity index (χ3v) is 5.69. The van der Waals surface area contributed by atoms with Crippen LogP contribution in [0.3, 0.4) is 0 Å². The largest absolute Gasteiger partial charge is 0.377 e. The fourth-order valence-electron chi connectivity index (χ4n) is 2.28. The van der Waals surface area contributed by atoms with Gasteiger partial charge in [-0.2, -0.15) is 5.10 Å². The Labute approximate surface area is 165 Å². The lowest BCUT2D eigenvalue weighted by Crippen LogP contribution is -2.05. The molecule has 0 saturated carbocycles. The molecule has 138 valence electrons. The van der Waals surface area contributed by atoms with Crippen molar-refractivity contribution in [1.29, 1.82) is 0 Å². The average Bonchev–Trinajstić information content (AvgIpc) is 2.68. The third-order valence-electron chi connectivity index (χ3n) is 3.74. The SMILES string of the molecule is CCCCCCSc1ccc(C=NN=C(N)SCc2ccccc2)cc1. The van der Waals surface area contributed by atoms with Gasteiger partial charge < -0.3 is 5.73 Å². The Morgan fingerprint density at radius 2 is 1.77 bits per heavy atom. The summed E-state index contributed by atoms with van der Waals surface area (Å²) in [6, 6.07) is 18.6. The highest BCUT2D eigenvalue weighted by Gasteiger charge is 1.97. The fraction of sp³-hybridized carbons (Fsp3) is 0.333. The molecular weight excluding hydrogens is 358 g/mol. The number of thioether (sulfide) groups is 2. The Morgan fingerprint density at radius 1 is 1.00 bits per heavy atom. The minimum atomic E-state index is 0.476. The van der Waals surface area contributed by atoms with Crippen LogP contribution in [0.4, 0.5) is 0 Å². The van der Waals surface area contributed by atoms with Gasteiger partial charge in [0, 0.05) is 10.6 Å². The summed E-state index contributed by atoms with van der Waals surface area (Å²) in [5.41, 5.74) is 8.15. The van der Waals surface area contributed by atoms with Crippen LogP contribution in [0.2, 0.25) is 0 Å². The van der Waals surface area contributed by atoms with Crippen LogP contribution in [0.1, 0.15) is 43.7 Å². The second-order valence-corrected chi connectivity index (χ2v) is 8.10. The summed E-state index contributed by atoms with van der Waals surface area (Å²) >= 11 is 3.41. The van der Waals surface area contributed by atoms with E-state index in [1.165, 1.54) is 53.7 Å². The summed E-state index contributed by atoms with van der Waals surface area (Å²) in [4.78, 5) is 1.31. The number of benzene rings is 2. The smallest absolute Gasteiger partial charge is 0.180 e. The Hall–Kier alpha value is -1.72. The molecule has 0 aromatic heterocycles. The molecule has 0 amide bonds. The average molecular weight is 386 g/mol. The normalized spacial score (nSPS) is 12.0. The minimum absolute atomic E-state index is 0.476. The summed E-state index contributed by atoms with van der Waals surface area (Å²) in [5, 5.41) is 8.62. The maximum atomic E-state index is 5.90. The van der Waals surface area contributed by atoms with E-state index in [0.29, 0.717) is 5.17 Å². The zero-order valence-electron chi connectivity index (χ0n) is 15.3. The molecule has 2 aromatic carbocycles. The fourth-order valence-corrected chi connectivity index (χ4v) is 3.81. The van der Waals surface area contributed by atoms with Crippen molar-refractivity contribution in [2.75, 3.05) is 5.75 Å². The molecule has 0 heterocycles. The lowest BCUT2D eigenvalue weighted by molar-refractivity contribution is 0.706. The molecule has 2 N–H and O–H groups in total. The molecule has 0 bridgehead atoms. The van der Waals surface area contributed by atoms with Gasteiger partial charge in [-0.1, -0.05) is 80.4 Å². The highest BCUT2D eigenvalue weighted by Crippen LogP contribution is 2.20. The van der Waals surface area contributed by atoms with E-state index in [0.717, 1.165) is 11.3 Å². The topological polar surface area (TPSA) is 50.7 Å². The molecule has 0 radical (unpaired) electrons. The number of rotatable bonds is 10. The van der Waals surface area contributed by atoms with Crippen molar-refractivity contribution in [2.24, 2.45) is 15.9 Å². The molecule has 0 aliphatic rings. The van der Waals surface area contributed by atoms with Crippen molar-refractivity contribution >= 4 is 34.9 Å². The lowest BCUT2D eigenvalue weighted by Gasteiger charge is -2.02. The molecule has 0 aliphatic heterocycles. The molecule has 0 aliphatic carbocycles. The van der Waals surface area contributed by atoms with Crippen molar-refractivity contribution in [2.45, 2.75) is 43.3 Å². The van der Waals surface area contributed by atoms with Crippen LogP contribution in [0.15, 0.2) is 69.7 Å². The maximum absolute atomic E-state index is 5.90. The van der Waals surface area contributed by atoms with E-state index in [-0.39, 0.29) is 0 Å². The third kappa shape index (κ3) is 8.59. The van der Waals surface area contributed by atoms with E-state index < -0.39 is 0 Å². The van der Waals surface area contributed by atoms with Gasteiger partial charge in [0.2, 0.25) is 0 Å². The zero-order chi connectivity index (χ0) is 18.5. The van der Waals surface area contributed by atoms with Crippen LogP contribution in [-0.4, -0.2) is 17.1 Å². The monoisotopic (exact) mass is 385 g/mol. The van der Waals surface area contributed by atoms with E-state index in [4.69, 9.17) is 5.73 Å². The molecule has 0 unspecified atom stereocenters. The van der Waals surface area contributed by atoms with E-state index in [2.05, 4.69) is 53.5 Å². The number of hydrogen-bond donors (Lipinski definition) is 1. The second-order valence-electron chi connectivity index (χ2n) is 5.94. The van der Waals surface area contributed by atoms with Crippen LogP contribution in [-0.2, 0) is 5.75 Å². The van der Waals surface area contributed by atoms with Crippen molar-refractivity contribution in [3.63, 3.8) is 0 Å². The van der Waals surface area contributed by atoms with Crippen LogP contribution in [0, 0.1) is 0 Å². The highest BCUT2D eigenvalue weighted by molar-refractivity contribution is 8.13. The first-order valence-corrected chi connectivity index (χ1v) is 11.0. The summed E-state index contributed by atoms with van der Waals surface area (Å²) in [5.74, 6) is 1.99. The maximum Gasteiger partial charge on any atom is 0.180 e. The summed E-state index contributed by atoms with van der Waals surface area (Å²) in [7, 11) is 0. The van der Waals surface area contributed by atoms with Crippen molar-refractivity contribution in [3.8, 4) is 0 Å². The van der Waals surface area contributed by atoms with Crippen molar-refractivity contribution in [1.82, 2.24) is 0 Å². The highest BCUT2D eigenvalue weighted by atomic mass is 32.2. The predicted molar refractivity (Wildman–Crippen MR) is 118 cm³/mol. The zero-order valence-corrected chi connectivity index (χ0v) is 16.9. The molecule has 0 fully saturated rings. The molecule has 0 saturated heterocycles. The molecule has 0 atom stereocenters. The van der Waals surface area contributed by atoms with E-state index in [9.17, 15) is 0 Å². The van der Waals surface area contributed by atoms with Crippen molar-refractivity contribution < 1.29 is 0 Å². The van der Waals surface area contributed by atoms with Gasteiger partial charge >= 0.3 is 0 Å². The number of nitrogens with zero attached hydrogens (tertiary/aromatic N) is 2. The quantitative estimate of drug-likeness (QED) is 0.181. The minimum Gasteiger partial charge on any atom is -0.377 e. The van der Waals surface area contributed by atoms with Gasteiger partial charge in [-0.3, -0.25) is 0 Å². The van der Waals surface area contributed by atoms with Crippen LogP contribution >= 0.6 is 23.5 Å². The number of hydrogen-bond acceptors (Lipinski definition) is 4. The van der Waals surface area contributed by atoms with Gasteiger partial charge in [0.25, 0.3) is 0 Å². The predicted octanol–water partition coefficient (Wildman–Crippen LogP) is 5.94.